The fourth-order valence-electron chi connectivity index (χ4n) is 2.14. The molecule has 154 valence electrons. The zero-order valence-corrected chi connectivity index (χ0v) is 17.3. The summed E-state index contributed by atoms with van der Waals surface area (Å²) >= 11 is 2.60. The SMILES string of the molecule is CC(C)(C)c1cnc(CSc2cnc(NC(=O)Nc3c(F)cc(F)cc3F)s2)o1. The van der Waals surface area contributed by atoms with Gasteiger partial charge in [0.25, 0.3) is 0 Å². The quantitative estimate of drug-likeness (QED) is 0.490. The molecular weight excluding hydrogens is 425 g/mol. The number of oxazole rings is 1. The van der Waals surface area contributed by atoms with Gasteiger partial charge in [-0.25, -0.2) is 27.9 Å². The molecule has 2 heterocycles. The number of hydrogen-bond donors (Lipinski definition) is 2. The van der Waals surface area contributed by atoms with Crippen LogP contribution in [0.3, 0.4) is 0 Å². The number of anilines is 2. The van der Waals surface area contributed by atoms with Gasteiger partial charge in [-0.1, -0.05) is 32.1 Å². The van der Waals surface area contributed by atoms with Gasteiger partial charge in [0.15, 0.2) is 16.8 Å². The van der Waals surface area contributed by atoms with Crippen LogP contribution in [0.5, 0.6) is 0 Å². The lowest BCUT2D eigenvalue weighted by molar-refractivity contribution is 0.262. The second-order valence-electron chi connectivity index (χ2n) is 6.96. The number of carbonyl (C=O) groups is 1. The van der Waals surface area contributed by atoms with Crippen LogP contribution in [-0.2, 0) is 11.2 Å². The van der Waals surface area contributed by atoms with Gasteiger partial charge < -0.3 is 9.73 Å². The summed E-state index contributed by atoms with van der Waals surface area (Å²) in [7, 11) is 0. The number of carbonyl (C=O) groups excluding carboxylic acids is 1. The Bertz CT molecular complexity index is 1010. The number of amides is 2. The molecule has 0 aliphatic heterocycles. The summed E-state index contributed by atoms with van der Waals surface area (Å²) in [4.78, 5) is 20.2. The van der Waals surface area contributed by atoms with Crippen molar-refractivity contribution in [2.75, 3.05) is 10.6 Å². The van der Waals surface area contributed by atoms with E-state index in [9.17, 15) is 18.0 Å². The van der Waals surface area contributed by atoms with Crippen LogP contribution < -0.4 is 10.6 Å². The van der Waals surface area contributed by atoms with E-state index < -0.39 is 29.2 Å². The molecule has 0 spiro atoms. The lowest BCUT2D eigenvalue weighted by atomic mass is 9.94. The molecular formula is C18H17F3N4O2S2. The van der Waals surface area contributed by atoms with Crippen LogP contribution in [0.15, 0.2) is 33.2 Å². The normalized spacial score (nSPS) is 11.5. The number of nitrogens with one attached hydrogen (secondary N) is 2. The predicted molar refractivity (Wildman–Crippen MR) is 106 cm³/mol. The molecule has 0 aliphatic rings. The first-order valence-electron chi connectivity index (χ1n) is 8.38. The number of urea groups is 1. The van der Waals surface area contributed by atoms with Crippen molar-refractivity contribution >= 4 is 39.9 Å². The largest absolute Gasteiger partial charge is 0.444 e. The maximum absolute atomic E-state index is 13.6. The molecule has 0 atom stereocenters. The average Bonchev–Trinajstić information content (AvgIpc) is 3.25. The number of halogens is 3. The number of rotatable bonds is 5. The van der Waals surface area contributed by atoms with Gasteiger partial charge in [-0.15, -0.1) is 11.8 Å². The molecule has 0 fully saturated rings. The van der Waals surface area contributed by atoms with Gasteiger partial charge in [-0.3, -0.25) is 5.32 Å². The van der Waals surface area contributed by atoms with Crippen molar-refractivity contribution in [1.82, 2.24) is 9.97 Å². The van der Waals surface area contributed by atoms with Gasteiger partial charge >= 0.3 is 6.03 Å². The number of thioether (sulfide) groups is 1. The second-order valence-corrected chi connectivity index (χ2v) is 9.27. The Hall–Kier alpha value is -2.53. The average molecular weight is 442 g/mol. The Morgan fingerprint density at radius 3 is 2.45 bits per heavy atom. The lowest BCUT2D eigenvalue weighted by Crippen LogP contribution is -2.21. The Kier molecular flexibility index (Phi) is 6.18. The van der Waals surface area contributed by atoms with Gasteiger partial charge in [0, 0.05) is 17.5 Å². The monoisotopic (exact) mass is 442 g/mol. The molecule has 6 nitrogen and oxygen atoms in total. The molecule has 0 saturated heterocycles. The first-order chi connectivity index (χ1) is 13.6. The van der Waals surface area contributed by atoms with E-state index in [1.807, 2.05) is 26.1 Å². The topological polar surface area (TPSA) is 80.0 Å². The van der Waals surface area contributed by atoms with E-state index in [1.165, 1.54) is 23.1 Å². The molecule has 0 unspecified atom stereocenters. The highest BCUT2D eigenvalue weighted by Crippen LogP contribution is 2.32. The number of hydrogen-bond acceptors (Lipinski definition) is 6. The van der Waals surface area contributed by atoms with E-state index in [0.717, 1.165) is 9.97 Å². The molecule has 2 aromatic heterocycles. The Morgan fingerprint density at radius 2 is 1.83 bits per heavy atom. The van der Waals surface area contributed by atoms with Crippen molar-refractivity contribution in [2.24, 2.45) is 0 Å². The molecule has 2 N–H and O–H groups in total. The van der Waals surface area contributed by atoms with Crippen LogP contribution >= 0.6 is 23.1 Å². The maximum Gasteiger partial charge on any atom is 0.325 e. The summed E-state index contributed by atoms with van der Waals surface area (Å²) in [6.07, 6.45) is 3.26. The summed E-state index contributed by atoms with van der Waals surface area (Å²) in [6, 6.07) is 0.0534. The van der Waals surface area contributed by atoms with Crippen molar-refractivity contribution in [3.8, 4) is 0 Å². The van der Waals surface area contributed by atoms with Gasteiger partial charge in [0.05, 0.1) is 22.4 Å². The molecule has 29 heavy (non-hydrogen) atoms. The van der Waals surface area contributed by atoms with E-state index in [4.69, 9.17) is 4.42 Å². The standard InChI is InChI=1S/C18H17F3N4O2S2/c1-18(2,3)12-6-22-13(27-12)8-28-14-7-23-17(29-14)25-16(26)24-15-10(20)4-9(19)5-11(15)21/h4-7H,8H2,1-3H3,(H2,23,24,25,26). The van der Waals surface area contributed by atoms with Crippen LogP contribution in [0.25, 0.3) is 0 Å². The van der Waals surface area contributed by atoms with Crippen LogP contribution in [0, 0.1) is 17.5 Å². The minimum Gasteiger partial charge on any atom is -0.444 e. The van der Waals surface area contributed by atoms with Crippen LogP contribution in [0.2, 0.25) is 0 Å². The zero-order valence-electron chi connectivity index (χ0n) is 15.7. The van der Waals surface area contributed by atoms with Crippen molar-refractivity contribution in [3.05, 3.63) is 53.6 Å². The van der Waals surface area contributed by atoms with Crippen molar-refractivity contribution in [3.63, 3.8) is 0 Å². The summed E-state index contributed by atoms with van der Waals surface area (Å²) in [5.41, 5.74) is -0.873. The second kappa shape index (κ2) is 8.46. The molecule has 1 aromatic carbocycles. The number of thiazole rings is 1. The Labute approximate surface area is 172 Å². The van der Waals surface area contributed by atoms with Gasteiger partial charge in [-0.05, 0) is 0 Å². The van der Waals surface area contributed by atoms with Crippen LogP contribution in [0.1, 0.15) is 32.4 Å². The Balaban J connectivity index is 1.56. The molecule has 0 aliphatic carbocycles. The summed E-state index contributed by atoms with van der Waals surface area (Å²) < 4.78 is 46.6. The highest BCUT2D eigenvalue weighted by atomic mass is 32.2. The maximum atomic E-state index is 13.6. The van der Waals surface area contributed by atoms with E-state index in [1.54, 1.807) is 12.4 Å². The smallest absolute Gasteiger partial charge is 0.325 e. The number of nitrogens with zero attached hydrogens (tertiary/aromatic N) is 2. The van der Waals surface area contributed by atoms with Gasteiger partial charge in [0.1, 0.15) is 17.3 Å². The highest BCUT2D eigenvalue weighted by Gasteiger charge is 2.19. The van der Waals surface area contributed by atoms with Crippen LogP contribution in [0.4, 0.5) is 28.8 Å². The fourth-order valence-corrected chi connectivity index (χ4v) is 3.86. The van der Waals surface area contributed by atoms with E-state index in [-0.39, 0.29) is 10.5 Å². The van der Waals surface area contributed by atoms with E-state index in [0.29, 0.717) is 23.8 Å². The lowest BCUT2D eigenvalue weighted by Gasteiger charge is -2.12. The summed E-state index contributed by atoms with van der Waals surface area (Å²) in [5, 5.41) is 4.62. The number of benzene rings is 1. The number of aromatic nitrogens is 2. The molecule has 3 aromatic rings. The third kappa shape index (κ3) is 5.51. The van der Waals surface area contributed by atoms with E-state index >= 15 is 0 Å². The predicted octanol–water partition coefficient (Wildman–Crippen LogP) is 5.78. The van der Waals surface area contributed by atoms with Crippen molar-refractivity contribution < 1.29 is 22.4 Å². The summed E-state index contributed by atoms with van der Waals surface area (Å²) in [6.45, 7) is 6.08. The molecule has 3 rings (SSSR count). The Morgan fingerprint density at radius 1 is 1.14 bits per heavy atom. The minimum absolute atomic E-state index is 0.131. The van der Waals surface area contributed by atoms with Gasteiger partial charge in [0.2, 0.25) is 5.89 Å². The summed E-state index contributed by atoms with van der Waals surface area (Å²) in [5.74, 6) is -1.66. The van der Waals surface area contributed by atoms with Crippen LogP contribution in [-0.4, -0.2) is 16.0 Å². The van der Waals surface area contributed by atoms with Gasteiger partial charge in [-0.2, -0.15) is 0 Å². The van der Waals surface area contributed by atoms with Crippen molar-refractivity contribution in [1.29, 1.82) is 0 Å². The van der Waals surface area contributed by atoms with Crippen molar-refractivity contribution in [2.45, 2.75) is 36.1 Å². The third-order valence-electron chi connectivity index (χ3n) is 3.58. The minimum atomic E-state index is -1.21. The fraction of sp³-hybridized carbons (Fsp3) is 0.278. The highest BCUT2D eigenvalue weighted by molar-refractivity contribution is 8.00. The first kappa shape index (κ1) is 21.2. The third-order valence-corrected chi connectivity index (χ3v) is 5.67. The van der Waals surface area contributed by atoms with E-state index in [2.05, 4.69) is 15.3 Å². The molecule has 0 saturated carbocycles. The molecule has 2 amide bonds. The first-order valence-corrected chi connectivity index (χ1v) is 10.2. The molecule has 11 heteroatoms. The molecule has 0 radical (unpaired) electrons. The molecule has 0 bridgehead atoms. The zero-order chi connectivity index (χ0) is 21.2.